The van der Waals surface area contributed by atoms with Gasteiger partial charge in [0.1, 0.15) is 0 Å². The summed E-state index contributed by atoms with van der Waals surface area (Å²) in [6.07, 6.45) is 4.13. The van der Waals surface area contributed by atoms with E-state index >= 15 is 0 Å². The summed E-state index contributed by atoms with van der Waals surface area (Å²) in [7, 11) is 0. The zero-order chi connectivity index (χ0) is 11.6. The van der Waals surface area contributed by atoms with Crippen molar-refractivity contribution in [2.24, 2.45) is 5.41 Å². The largest absolute Gasteiger partial charge is 0.309 e. The first-order valence-corrected chi connectivity index (χ1v) is 5.79. The maximum atomic E-state index is 12.0. The molecule has 1 aliphatic carbocycles. The monoisotopic (exact) mass is 239 g/mol. The van der Waals surface area contributed by atoms with Gasteiger partial charge in [0.25, 0.3) is 0 Å². The van der Waals surface area contributed by atoms with Gasteiger partial charge < -0.3 is 5.32 Å². The van der Waals surface area contributed by atoms with Crippen LogP contribution in [0, 0.1) is 5.41 Å². The Bertz CT molecular complexity index is 385. The average Bonchev–Trinajstić information content (AvgIpc) is 2.70. The van der Waals surface area contributed by atoms with Crippen LogP contribution in [0.4, 0.5) is 5.82 Å². The van der Waals surface area contributed by atoms with E-state index in [9.17, 15) is 4.79 Å². The first-order chi connectivity index (χ1) is 7.60. The Balaban J connectivity index is 2.04. The molecule has 1 fully saturated rings. The third-order valence-corrected chi connectivity index (χ3v) is 3.33. The summed E-state index contributed by atoms with van der Waals surface area (Å²) < 4.78 is 0. The third kappa shape index (κ3) is 2.32. The molecule has 1 aromatic rings. The molecule has 1 heterocycles. The Labute approximate surface area is 99.4 Å². The first kappa shape index (κ1) is 11.3. The SMILES string of the molecule is CC1(C(=O)Nc2ccc(Cl)nn2)CCCC1. The van der Waals surface area contributed by atoms with Gasteiger partial charge in [0.05, 0.1) is 0 Å². The minimum atomic E-state index is -0.249. The Hall–Kier alpha value is -1.16. The Morgan fingerprint density at radius 2 is 2.06 bits per heavy atom. The maximum absolute atomic E-state index is 12.0. The standard InChI is InChI=1S/C11H14ClN3O/c1-11(6-2-3-7-11)10(16)13-9-5-4-8(12)14-15-9/h4-5H,2-3,6-7H2,1H3,(H,13,15,16). The van der Waals surface area contributed by atoms with Crippen LogP contribution in [0.15, 0.2) is 12.1 Å². The quantitative estimate of drug-likeness (QED) is 0.863. The fourth-order valence-corrected chi connectivity index (χ4v) is 2.13. The van der Waals surface area contributed by atoms with Crippen molar-refractivity contribution in [2.45, 2.75) is 32.6 Å². The van der Waals surface area contributed by atoms with Gasteiger partial charge in [0.2, 0.25) is 5.91 Å². The summed E-state index contributed by atoms with van der Waals surface area (Å²) in [5, 5.41) is 10.6. The third-order valence-electron chi connectivity index (χ3n) is 3.13. The van der Waals surface area contributed by atoms with Crippen LogP contribution in [0.2, 0.25) is 5.15 Å². The molecule has 0 aliphatic heterocycles. The van der Waals surface area contributed by atoms with E-state index in [0.29, 0.717) is 11.0 Å². The highest BCUT2D eigenvalue weighted by Crippen LogP contribution is 2.38. The van der Waals surface area contributed by atoms with Crippen molar-refractivity contribution in [3.05, 3.63) is 17.3 Å². The zero-order valence-corrected chi connectivity index (χ0v) is 9.92. The number of carbonyl (C=O) groups excluding carboxylic acids is 1. The molecule has 0 atom stereocenters. The van der Waals surface area contributed by atoms with E-state index in [0.717, 1.165) is 25.7 Å². The number of halogens is 1. The number of rotatable bonds is 2. The van der Waals surface area contributed by atoms with E-state index in [4.69, 9.17) is 11.6 Å². The van der Waals surface area contributed by atoms with E-state index in [1.54, 1.807) is 12.1 Å². The lowest BCUT2D eigenvalue weighted by Gasteiger charge is -2.21. The minimum Gasteiger partial charge on any atom is -0.309 e. The van der Waals surface area contributed by atoms with Gasteiger partial charge in [-0.15, -0.1) is 10.2 Å². The maximum Gasteiger partial charge on any atom is 0.231 e. The number of hydrogen-bond donors (Lipinski definition) is 1. The van der Waals surface area contributed by atoms with Gasteiger partial charge in [-0.2, -0.15) is 0 Å². The molecular weight excluding hydrogens is 226 g/mol. The van der Waals surface area contributed by atoms with Crippen LogP contribution in [0.25, 0.3) is 0 Å². The molecule has 2 rings (SSSR count). The fraction of sp³-hybridized carbons (Fsp3) is 0.545. The fourth-order valence-electron chi connectivity index (χ4n) is 2.03. The second-order valence-electron chi connectivity index (χ2n) is 4.46. The van der Waals surface area contributed by atoms with Gasteiger partial charge >= 0.3 is 0 Å². The van der Waals surface area contributed by atoms with Crippen LogP contribution in [-0.2, 0) is 4.79 Å². The molecule has 1 aliphatic rings. The summed E-state index contributed by atoms with van der Waals surface area (Å²) in [6, 6.07) is 3.27. The normalized spacial score (nSPS) is 18.4. The molecule has 1 aromatic heterocycles. The number of anilines is 1. The number of aromatic nitrogens is 2. The minimum absolute atomic E-state index is 0.0293. The molecule has 5 heteroatoms. The lowest BCUT2D eigenvalue weighted by molar-refractivity contribution is -0.124. The molecule has 0 saturated heterocycles. The summed E-state index contributed by atoms with van der Waals surface area (Å²) in [5.74, 6) is 0.490. The van der Waals surface area contributed by atoms with Crippen molar-refractivity contribution in [3.8, 4) is 0 Å². The van der Waals surface area contributed by atoms with Crippen LogP contribution in [0.1, 0.15) is 32.6 Å². The summed E-state index contributed by atoms with van der Waals surface area (Å²) in [4.78, 5) is 12.0. The lowest BCUT2D eigenvalue weighted by Crippen LogP contribution is -2.31. The molecule has 0 bridgehead atoms. The highest BCUT2D eigenvalue weighted by molar-refractivity contribution is 6.29. The molecular formula is C11H14ClN3O. The van der Waals surface area contributed by atoms with Crippen LogP contribution in [0.5, 0.6) is 0 Å². The lowest BCUT2D eigenvalue weighted by atomic mass is 9.88. The summed E-state index contributed by atoms with van der Waals surface area (Å²) in [6.45, 7) is 2.00. The predicted octanol–water partition coefficient (Wildman–Crippen LogP) is 2.65. The first-order valence-electron chi connectivity index (χ1n) is 5.41. The van der Waals surface area contributed by atoms with Gasteiger partial charge in [-0.25, -0.2) is 0 Å². The van der Waals surface area contributed by atoms with Gasteiger partial charge in [-0.1, -0.05) is 31.4 Å². The number of carbonyl (C=O) groups is 1. The highest BCUT2D eigenvalue weighted by atomic mass is 35.5. The zero-order valence-electron chi connectivity index (χ0n) is 9.16. The number of nitrogens with one attached hydrogen (secondary N) is 1. The van der Waals surface area contributed by atoms with Gasteiger partial charge in [-0.3, -0.25) is 4.79 Å². The van der Waals surface area contributed by atoms with Crippen molar-refractivity contribution < 1.29 is 4.79 Å². The Morgan fingerprint density at radius 1 is 1.38 bits per heavy atom. The van der Waals surface area contributed by atoms with E-state index < -0.39 is 0 Å². The molecule has 1 amide bonds. The van der Waals surface area contributed by atoms with Crippen LogP contribution < -0.4 is 5.32 Å². The number of nitrogens with zero attached hydrogens (tertiary/aromatic N) is 2. The topological polar surface area (TPSA) is 54.9 Å². The number of amides is 1. The molecule has 86 valence electrons. The second kappa shape index (κ2) is 4.37. The van der Waals surface area contributed by atoms with Crippen molar-refractivity contribution >= 4 is 23.3 Å². The van der Waals surface area contributed by atoms with Crippen molar-refractivity contribution in [1.29, 1.82) is 0 Å². The van der Waals surface area contributed by atoms with Crippen molar-refractivity contribution in [2.75, 3.05) is 5.32 Å². The summed E-state index contributed by atoms with van der Waals surface area (Å²) >= 11 is 5.62. The van der Waals surface area contributed by atoms with Crippen LogP contribution >= 0.6 is 11.6 Å². The van der Waals surface area contributed by atoms with Crippen molar-refractivity contribution in [1.82, 2.24) is 10.2 Å². The molecule has 0 spiro atoms. The molecule has 0 radical (unpaired) electrons. The van der Waals surface area contributed by atoms with Gasteiger partial charge in [0, 0.05) is 5.41 Å². The Morgan fingerprint density at radius 3 is 2.62 bits per heavy atom. The van der Waals surface area contributed by atoms with Crippen LogP contribution in [0.3, 0.4) is 0 Å². The molecule has 4 nitrogen and oxygen atoms in total. The van der Waals surface area contributed by atoms with E-state index in [1.165, 1.54) is 0 Å². The molecule has 1 N–H and O–H groups in total. The van der Waals surface area contributed by atoms with E-state index in [-0.39, 0.29) is 11.3 Å². The van der Waals surface area contributed by atoms with E-state index in [2.05, 4.69) is 15.5 Å². The number of hydrogen-bond acceptors (Lipinski definition) is 3. The summed E-state index contributed by atoms with van der Waals surface area (Å²) in [5.41, 5.74) is -0.249. The predicted molar refractivity (Wildman–Crippen MR) is 62.2 cm³/mol. The van der Waals surface area contributed by atoms with Gasteiger partial charge in [-0.05, 0) is 25.0 Å². The van der Waals surface area contributed by atoms with Gasteiger partial charge in [0.15, 0.2) is 11.0 Å². The second-order valence-corrected chi connectivity index (χ2v) is 4.85. The molecule has 0 aromatic carbocycles. The molecule has 0 unspecified atom stereocenters. The average molecular weight is 240 g/mol. The highest BCUT2D eigenvalue weighted by Gasteiger charge is 2.36. The molecule has 16 heavy (non-hydrogen) atoms. The Kier molecular flexibility index (Phi) is 3.10. The van der Waals surface area contributed by atoms with Crippen LogP contribution in [-0.4, -0.2) is 16.1 Å². The van der Waals surface area contributed by atoms with E-state index in [1.807, 2.05) is 6.92 Å². The molecule has 1 saturated carbocycles. The smallest absolute Gasteiger partial charge is 0.231 e. The van der Waals surface area contributed by atoms with Crippen molar-refractivity contribution in [3.63, 3.8) is 0 Å².